The molecule has 0 radical (unpaired) electrons. The van der Waals surface area contributed by atoms with Gasteiger partial charge >= 0.3 is 0 Å². The van der Waals surface area contributed by atoms with Crippen molar-refractivity contribution in [3.63, 3.8) is 0 Å². The summed E-state index contributed by atoms with van der Waals surface area (Å²) in [5, 5.41) is 63.7. The maximum Gasteiger partial charge on any atom is 0.202 e. The molecule has 1 aliphatic heterocycles. The molecular weight excluding hydrogens is 516 g/mol. The predicted octanol–water partition coefficient (Wildman–Crippen LogP) is 0.0349. The summed E-state index contributed by atoms with van der Waals surface area (Å²) in [7, 11) is 1.31. The number of aliphatic hydroxyl groups excluding tert-OH is 3. The van der Waals surface area contributed by atoms with Crippen molar-refractivity contribution < 1.29 is 59.2 Å². The maximum atomic E-state index is 13.6. The highest BCUT2D eigenvalue weighted by atomic mass is 16.7. The Morgan fingerprint density at radius 2 is 1.79 bits per heavy atom. The second-order valence-corrected chi connectivity index (χ2v) is 10.1. The highest BCUT2D eigenvalue weighted by molar-refractivity contribution is 6.31. The summed E-state index contributed by atoms with van der Waals surface area (Å²) in [6, 6.07) is 4.33. The number of benzene rings is 2. The van der Waals surface area contributed by atoms with Crippen LogP contribution in [0.3, 0.4) is 0 Å². The van der Waals surface area contributed by atoms with Crippen LogP contribution in [0.2, 0.25) is 0 Å². The van der Waals surface area contributed by atoms with Crippen LogP contribution in [0.1, 0.15) is 68.8 Å². The number of hydrogen-bond acceptors (Lipinski definition) is 12. The van der Waals surface area contributed by atoms with E-state index in [9.17, 15) is 45.0 Å². The summed E-state index contributed by atoms with van der Waals surface area (Å²) in [5.74, 6) is -3.91. The molecule has 0 spiro atoms. The smallest absolute Gasteiger partial charge is 0.202 e. The van der Waals surface area contributed by atoms with E-state index in [1.54, 1.807) is 0 Å². The molecule has 0 saturated carbocycles. The number of fused-ring (bicyclic) bond motifs is 3. The SMILES string of the molecule is COc1cccc2c1C(=O)c1c(O)c3c(c(O)c1C2=O)C[C@@](O)(C(=O)CO)CC3O[C@H]1C[C@H](O)[C@H](O)[C@H](C)O1. The Hall–Kier alpha value is -3.39. The molecule has 6 N–H and O–H groups in total. The summed E-state index contributed by atoms with van der Waals surface area (Å²) in [6.45, 7) is 0.460. The van der Waals surface area contributed by atoms with Crippen LogP contribution >= 0.6 is 0 Å². The van der Waals surface area contributed by atoms with Crippen LogP contribution in [0, 0.1) is 0 Å². The molecule has 208 valence electrons. The zero-order valence-corrected chi connectivity index (χ0v) is 21.1. The summed E-state index contributed by atoms with van der Waals surface area (Å²) in [5.41, 5.74) is -3.81. The average molecular weight is 545 g/mol. The van der Waals surface area contributed by atoms with E-state index < -0.39 is 95.7 Å². The number of phenols is 2. The Morgan fingerprint density at radius 1 is 1.10 bits per heavy atom. The third kappa shape index (κ3) is 4.11. The van der Waals surface area contributed by atoms with Crippen molar-refractivity contribution in [2.24, 2.45) is 0 Å². The minimum atomic E-state index is -2.27. The van der Waals surface area contributed by atoms with E-state index in [2.05, 4.69) is 0 Å². The molecule has 0 aromatic heterocycles. The number of hydrogen-bond donors (Lipinski definition) is 6. The lowest BCUT2D eigenvalue weighted by Gasteiger charge is -2.42. The van der Waals surface area contributed by atoms with Crippen LogP contribution in [-0.4, -0.2) is 91.9 Å². The average Bonchev–Trinajstić information content (AvgIpc) is 2.90. The monoisotopic (exact) mass is 544 g/mol. The van der Waals surface area contributed by atoms with Gasteiger partial charge < -0.3 is 44.8 Å². The number of aliphatic hydroxyl groups is 4. The van der Waals surface area contributed by atoms with Crippen LogP contribution in [0.4, 0.5) is 0 Å². The van der Waals surface area contributed by atoms with Gasteiger partial charge in [-0.2, -0.15) is 0 Å². The third-order valence-corrected chi connectivity index (χ3v) is 7.73. The van der Waals surface area contributed by atoms with Gasteiger partial charge in [0.05, 0.1) is 42.1 Å². The second kappa shape index (κ2) is 9.66. The Labute approximate surface area is 222 Å². The van der Waals surface area contributed by atoms with Crippen molar-refractivity contribution in [1.82, 2.24) is 0 Å². The molecule has 1 saturated heterocycles. The number of Topliss-reactive ketones (excluding diaryl/α,β-unsaturated/α-hetero) is 1. The largest absolute Gasteiger partial charge is 0.507 e. The number of aromatic hydroxyl groups is 2. The van der Waals surface area contributed by atoms with Gasteiger partial charge in [-0.15, -0.1) is 0 Å². The molecular formula is C27H28O12. The molecule has 2 aromatic carbocycles. The fourth-order valence-electron chi connectivity index (χ4n) is 5.69. The van der Waals surface area contributed by atoms with Gasteiger partial charge in [-0.05, 0) is 13.0 Å². The van der Waals surface area contributed by atoms with Crippen molar-refractivity contribution in [2.75, 3.05) is 13.7 Å². The Morgan fingerprint density at radius 3 is 2.44 bits per heavy atom. The van der Waals surface area contributed by atoms with Gasteiger partial charge in [0, 0.05) is 36.0 Å². The van der Waals surface area contributed by atoms with Crippen molar-refractivity contribution in [3.8, 4) is 17.2 Å². The van der Waals surface area contributed by atoms with E-state index in [4.69, 9.17) is 14.2 Å². The highest BCUT2D eigenvalue weighted by Crippen LogP contribution is 2.52. The summed E-state index contributed by atoms with van der Waals surface area (Å²) in [6.07, 6.45) is -7.17. The molecule has 0 bridgehead atoms. The first-order valence-electron chi connectivity index (χ1n) is 12.3. The molecule has 3 aliphatic rings. The lowest BCUT2D eigenvalue weighted by atomic mass is 9.72. The second-order valence-electron chi connectivity index (χ2n) is 10.1. The van der Waals surface area contributed by atoms with E-state index in [1.807, 2.05) is 0 Å². The van der Waals surface area contributed by atoms with Gasteiger partial charge in [-0.25, -0.2) is 0 Å². The summed E-state index contributed by atoms with van der Waals surface area (Å²) < 4.78 is 16.8. The summed E-state index contributed by atoms with van der Waals surface area (Å²) in [4.78, 5) is 39.7. The van der Waals surface area contributed by atoms with E-state index >= 15 is 0 Å². The van der Waals surface area contributed by atoms with Crippen molar-refractivity contribution in [2.45, 2.75) is 62.5 Å². The first kappa shape index (κ1) is 27.2. The lowest BCUT2D eigenvalue weighted by Crippen LogP contribution is -2.50. The zero-order chi connectivity index (χ0) is 28.4. The molecule has 1 heterocycles. The number of rotatable bonds is 5. The Balaban J connectivity index is 1.69. The first-order chi connectivity index (χ1) is 18.4. The van der Waals surface area contributed by atoms with Crippen LogP contribution in [0.15, 0.2) is 18.2 Å². The van der Waals surface area contributed by atoms with Crippen LogP contribution in [0.5, 0.6) is 17.2 Å². The molecule has 39 heavy (non-hydrogen) atoms. The van der Waals surface area contributed by atoms with Crippen molar-refractivity contribution in [1.29, 1.82) is 0 Å². The molecule has 2 aliphatic carbocycles. The van der Waals surface area contributed by atoms with Gasteiger partial charge in [0.15, 0.2) is 17.9 Å². The predicted molar refractivity (Wildman–Crippen MR) is 130 cm³/mol. The molecule has 6 atom stereocenters. The van der Waals surface area contributed by atoms with Crippen molar-refractivity contribution in [3.05, 3.63) is 51.6 Å². The number of carbonyl (C=O) groups is 3. The van der Waals surface area contributed by atoms with Gasteiger partial charge in [-0.1, -0.05) is 12.1 Å². The van der Waals surface area contributed by atoms with Gasteiger partial charge in [0.25, 0.3) is 0 Å². The fourth-order valence-corrected chi connectivity index (χ4v) is 5.69. The topological polar surface area (TPSA) is 200 Å². The van der Waals surface area contributed by atoms with E-state index in [-0.39, 0.29) is 34.4 Å². The van der Waals surface area contributed by atoms with Gasteiger partial charge in [0.1, 0.15) is 35.6 Å². The number of ether oxygens (including phenoxy) is 3. The number of methoxy groups -OCH3 is 1. The minimum Gasteiger partial charge on any atom is -0.507 e. The molecule has 5 rings (SSSR count). The first-order valence-corrected chi connectivity index (χ1v) is 12.3. The Bertz CT molecular complexity index is 1370. The quantitative estimate of drug-likeness (QED) is 0.236. The van der Waals surface area contributed by atoms with E-state index in [0.29, 0.717) is 0 Å². The van der Waals surface area contributed by atoms with Crippen molar-refractivity contribution >= 4 is 17.3 Å². The maximum absolute atomic E-state index is 13.6. The standard InChI is InChI=1S/C27H28O12/c1-10-22(31)13(29)6-17(38-10)39-15-8-27(36,16(30)9-28)7-12-19(15)26(35)21-20(24(12)33)23(32)11-4-3-5-14(37-2)18(11)25(21)34/h3-5,10,13,15,17,22,28-29,31,33,35-36H,6-9H2,1-2H3/t10-,13-,15?,17-,22+,27-/m0/s1. The van der Waals surface area contributed by atoms with Gasteiger partial charge in [0.2, 0.25) is 5.78 Å². The normalized spacial score (nSPS) is 29.8. The number of phenolic OH excluding ortho intramolecular Hbond substituents is 2. The van der Waals surface area contributed by atoms with E-state index in [0.717, 1.165) is 0 Å². The summed E-state index contributed by atoms with van der Waals surface area (Å²) >= 11 is 0. The number of ketones is 3. The van der Waals surface area contributed by atoms with E-state index in [1.165, 1.54) is 32.2 Å². The van der Waals surface area contributed by atoms with Gasteiger partial charge in [-0.3, -0.25) is 14.4 Å². The minimum absolute atomic E-state index is 0.0658. The lowest BCUT2D eigenvalue weighted by molar-refractivity contribution is -0.266. The Kier molecular flexibility index (Phi) is 6.74. The van der Waals surface area contributed by atoms with Crippen LogP contribution in [0.25, 0.3) is 0 Å². The molecule has 12 heteroatoms. The third-order valence-electron chi connectivity index (χ3n) is 7.73. The molecule has 1 unspecified atom stereocenters. The molecule has 12 nitrogen and oxygen atoms in total. The fraction of sp³-hybridized carbons (Fsp3) is 0.444. The molecule has 1 fully saturated rings. The number of carbonyl (C=O) groups excluding carboxylic acids is 3. The molecule has 2 aromatic rings. The highest BCUT2D eigenvalue weighted by Gasteiger charge is 2.50. The van der Waals surface area contributed by atoms with Crippen LogP contribution in [-0.2, 0) is 20.7 Å². The van der Waals surface area contributed by atoms with Crippen LogP contribution < -0.4 is 4.74 Å². The zero-order valence-electron chi connectivity index (χ0n) is 21.1. The molecule has 0 amide bonds.